The third kappa shape index (κ3) is 1.75. The Kier molecular flexibility index (Phi) is 2.78. The first-order valence-electron chi connectivity index (χ1n) is 6.09. The predicted octanol–water partition coefficient (Wildman–Crippen LogP) is 3.93. The molecule has 86 valence electrons. The number of aryl methyl sites for hydroxylation is 1. The zero-order chi connectivity index (χ0) is 11.9. The molecule has 0 aromatic heterocycles. The van der Waals surface area contributed by atoms with Gasteiger partial charge in [0.15, 0.2) is 5.78 Å². The lowest BCUT2D eigenvalue weighted by atomic mass is 10.1. The van der Waals surface area contributed by atoms with Crippen LogP contribution in [0.5, 0.6) is 0 Å². The van der Waals surface area contributed by atoms with Crippen molar-refractivity contribution in [2.45, 2.75) is 44.9 Å². The molecule has 16 heavy (non-hydrogen) atoms. The molecule has 0 bridgehead atoms. The van der Waals surface area contributed by atoms with Gasteiger partial charge in [0.25, 0.3) is 0 Å². The fourth-order valence-electron chi connectivity index (χ4n) is 2.57. The van der Waals surface area contributed by atoms with Crippen molar-refractivity contribution in [3.8, 4) is 0 Å². The summed E-state index contributed by atoms with van der Waals surface area (Å²) >= 11 is 0. The first kappa shape index (κ1) is 11.6. The SMILES string of the molecule is CC[Si](C)(C)[C@H]1CC(=O)c2ccc(C)cc21. The molecule has 1 aromatic rings. The average molecular weight is 232 g/mol. The lowest BCUT2D eigenvalue weighted by molar-refractivity contribution is 0.0993. The molecule has 0 fully saturated rings. The van der Waals surface area contributed by atoms with Crippen molar-refractivity contribution in [2.75, 3.05) is 0 Å². The molecule has 0 saturated heterocycles. The molecule has 1 aliphatic carbocycles. The van der Waals surface area contributed by atoms with Crippen LogP contribution in [0.25, 0.3) is 0 Å². The third-order valence-corrected chi connectivity index (χ3v) is 8.35. The minimum Gasteiger partial charge on any atom is -0.294 e. The molecular formula is C14H20OSi. The van der Waals surface area contributed by atoms with Crippen LogP contribution in [0.15, 0.2) is 18.2 Å². The van der Waals surface area contributed by atoms with Gasteiger partial charge in [0.05, 0.1) is 8.07 Å². The Morgan fingerprint density at radius 3 is 2.69 bits per heavy atom. The molecular weight excluding hydrogens is 212 g/mol. The minimum atomic E-state index is -1.28. The summed E-state index contributed by atoms with van der Waals surface area (Å²) in [4.78, 5) is 12.0. The zero-order valence-corrected chi connectivity index (χ0v) is 11.6. The number of hydrogen-bond donors (Lipinski definition) is 0. The fraction of sp³-hybridized carbons (Fsp3) is 0.500. The summed E-state index contributed by atoms with van der Waals surface area (Å²) in [5.41, 5.74) is 4.15. The molecule has 0 radical (unpaired) electrons. The van der Waals surface area contributed by atoms with Crippen molar-refractivity contribution in [3.05, 3.63) is 34.9 Å². The molecule has 0 N–H and O–H groups in total. The van der Waals surface area contributed by atoms with Gasteiger partial charge in [-0.2, -0.15) is 0 Å². The van der Waals surface area contributed by atoms with Gasteiger partial charge >= 0.3 is 0 Å². The number of fused-ring (bicyclic) bond motifs is 1. The Hall–Kier alpha value is -0.893. The van der Waals surface area contributed by atoms with E-state index < -0.39 is 8.07 Å². The molecule has 0 amide bonds. The standard InChI is InChI=1S/C14H20OSi/c1-5-16(3,4)14-9-13(15)11-7-6-10(2)8-12(11)14/h6-8,14H,5,9H2,1-4H3/t14-/m0/s1. The second-order valence-electron chi connectivity index (χ2n) is 5.61. The lowest BCUT2D eigenvalue weighted by Gasteiger charge is -2.28. The maximum atomic E-state index is 12.0. The van der Waals surface area contributed by atoms with Gasteiger partial charge in [-0.1, -0.05) is 49.8 Å². The van der Waals surface area contributed by atoms with Crippen molar-refractivity contribution >= 4 is 13.9 Å². The Morgan fingerprint density at radius 2 is 2.06 bits per heavy atom. The summed E-state index contributed by atoms with van der Waals surface area (Å²) < 4.78 is 0. The van der Waals surface area contributed by atoms with Crippen molar-refractivity contribution in [3.63, 3.8) is 0 Å². The maximum absolute atomic E-state index is 12.0. The number of benzene rings is 1. The number of carbonyl (C=O) groups excluding carboxylic acids is 1. The van der Waals surface area contributed by atoms with Crippen LogP contribution in [0.1, 0.15) is 40.4 Å². The van der Waals surface area contributed by atoms with E-state index in [1.807, 2.05) is 6.07 Å². The highest BCUT2D eigenvalue weighted by Crippen LogP contribution is 2.41. The zero-order valence-electron chi connectivity index (χ0n) is 10.6. The second kappa shape index (κ2) is 3.84. The molecule has 0 heterocycles. The first-order chi connectivity index (χ1) is 7.45. The van der Waals surface area contributed by atoms with Gasteiger partial charge in [-0.25, -0.2) is 0 Å². The molecule has 0 saturated carbocycles. The van der Waals surface area contributed by atoms with Gasteiger partial charge in [0, 0.05) is 12.0 Å². The third-order valence-electron chi connectivity index (χ3n) is 4.13. The number of Topliss-reactive ketones (excluding diaryl/α,β-unsaturated/α-hetero) is 1. The van der Waals surface area contributed by atoms with Crippen LogP contribution in [0.3, 0.4) is 0 Å². The number of ketones is 1. The highest BCUT2D eigenvalue weighted by Gasteiger charge is 2.39. The van der Waals surface area contributed by atoms with E-state index in [9.17, 15) is 4.79 Å². The number of carbonyl (C=O) groups is 1. The van der Waals surface area contributed by atoms with Crippen LogP contribution in [-0.4, -0.2) is 13.9 Å². The number of hydrogen-bond acceptors (Lipinski definition) is 1. The quantitative estimate of drug-likeness (QED) is 0.706. The summed E-state index contributed by atoms with van der Waals surface area (Å²) in [6.45, 7) is 9.19. The van der Waals surface area contributed by atoms with E-state index in [1.54, 1.807) is 0 Å². The normalized spacial score (nSPS) is 20.0. The Balaban J connectivity index is 2.50. The van der Waals surface area contributed by atoms with E-state index in [1.165, 1.54) is 17.2 Å². The Labute approximate surface area is 98.9 Å². The number of rotatable bonds is 2. The molecule has 2 rings (SSSR count). The molecule has 0 aliphatic heterocycles. The average Bonchev–Trinajstić information content (AvgIpc) is 2.56. The molecule has 1 aromatic carbocycles. The first-order valence-corrected chi connectivity index (χ1v) is 9.38. The molecule has 2 heteroatoms. The van der Waals surface area contributed by atoms with Gasteiger partial charge in [-0.05, 0) is 18.0 Å². The maximum Gasteiger partial charge on any atom is 0.163 e. The second-order valence-corrected chi connectivity index (χ2v) is 11.0. The van der Waals surface area contributed by atoms with Crippen LogP contribution in [0.4, 0.5) is 0 Å². The van der Waals surface area contributed by atoms with E-state index in [0.29, 0.717) is 11.3 Å². The van der Waals surface area contributed by atoms with Crippen molar-refractivity contribution in [1.82, 2.24) is 0 Å². The van der Waals surface area contributed by atoms with Crippen molar-refractivity contribution in [1.29, 1.82) is 0 Å². The molecule has 1 atom stereocenters. The summed E-state index contributed by atoms with van der Waals surface area (Å²) in [5, 5.41) is 0. The molecule has 0 unspecified atom stereocenters. The van der Waals surface area contributed by atoms with Crippen LogP contribution >= 0.6 is 0 Å². The van der Waals surface area contributed by atoms with E-state index in [0.717, 1.165) is 12.0 Å². The van der Waals surface area contributed by atoms with Gasteiger partial charge in [-0.15, -0.1) is 0 Å². The lowest BCUT2D eigenvalue weighted by Crippen LogP contribution is -2.32. The van der Waals surface area contributed by atoms with Crippen molar-refractivity contribution in [2.24, 2.45) is 0 Å². The predicted molar refractivity (Wildman–Crippen MR) is 70.8 cm³/mol. The van der Waals surface area contributed by atoms with E-state index in [-0.39, 0.29) is 0 Å². The smallest absolute Gasteiger partial charge is 0.163 e. The van der Waals surface area contributed by atoms with Crippen LogP contribution in [0, 0.1) is 6.92 Å². The summed E-state index contributed by atoms with van der Waals surface area (Å²) in [7, 11) is -1.28. The Morgan fingerprint density at radius 1 is 1.38 bits per heavy atom. The van der Waals surface area contributed by atoms with Crippen molar-refractivity contribution < 1.29 is 4.79 Å². The molecule has 1 aliphatic rings. The van der Waals surface area contributed by atoms with E-state index in [4.69, 9.17) is 0 Å². The van der Waals surface area contributed by atoms with Gasteiger partial charge in [0.2, 0.25) is 0 Å². The van der Waals surface area contributed by atoms with Gasteiger partial charge in [-0.3, -0.25) is 4.79 Å². The van der Waals surface area contributed by atoms with E-state index >= 15 is 0 Å². The topological polar surface area (TPSA) is 17.1 Å². The summed E-state index contributed by atoms with van der Waals surface area (Å²) in [5.74, 6) is 0.356. The summed E-state index contributed by atoms with van der Waals surface area (Å²) in [6.07, 6.45) is 0.756. The van der Waals surface area contributed by atoms with Gasteiger partial charge < -0.3 is 0 Å². The summed E-state index contributed by atoms with van der Waals surface area (Å²) in [6, 6.07) is 7.56. The highest BCUT2D eigenvalue weighted by atomic mass is 28.3. The molecule has 0 spiro atoms. The van der Waals surface area contributed by atoms with E-state index in [2.05, 4.69) is 39.1 Å². The monoisotopic (exact) mass is 232 g/mol. The minimum absolute atomic E-state index is 0.356. The highest BCUT2D eigenvalue weighted by molar-refractivity contribution is 6.79. The largest absolute Gasteiger partial charge is 0.294 e. The van der Waals surface area contributed by atoms with Crippen LogP contribution in [-0.2, 0) is 0 Å². The molecule has 1 nitrogen and oxygen atoms in total. The fourth-order valence-corrected chi connectivity index (χ4v) is 4.88. The van der Waals surface area contributed by atoms with Crippen LogP contribution in [0.2, 0.25) is 19.1 Å². The Bertz CT molecular complexity index is 434. The van der Waals surface area contributed by atoms with Crippen LogP contribution < -0.4 is 0 Å². The van der Waals surface area contributed by atoms with Gasteiger partial charge in [0.1, 0.15) is 0 Å².